The SMILES string of the molecule is COc1ccc2cc(C(C)C(=O)NCc3nnc4n3CCCCC4)ccc2c1. The number of nitrogens with zero attached hydrogens (tertiary/aromatic N) is 3. The lowest BCUT2D eigenvalue weighted by Crippen LogP contribution is -2.29. The summed E-state index contributed by atoms with van der Waals surface area (Å²) in [6.07, 6.45) is 4.50. The third-order valence-electron chi connectivity index (χ3n) is 5.57. The Morgan fingerprint density at radius 2 is 1.96 bits per heavy atom. The molecule has 0 saturated carbocycles. The second-order valence-corrected chi connectivity index (χ2v) is 7.41. The fraction of sp³-hybridized carbons (Fsp3) is 0.409. The van der Waals surface area contributed by atoms with Crippen LogP contribution in [-0.2, 0) is 24.3 Å². The number of rotatable bonds is 5. The van der Waals surface area contributed by atoms with Crippen LogP contribution in [0, 0.1) is 0 Å². The largest absolute Gasteiger partial charge is 0.497 e. The van der Waals surface area contributed by atoms with E-state index in [4.69, 9.17) is 4.74 Å². The summed E-state index contributed by atoms with van der Waals surface area (Å²) >= 11 is 0. The van der Waals surface area contributed by atoms with Gasteiger partial charge in [0.25, 0.3) is 0 Å². The molecule has 0 bridgehead atoms. The third kappa shape index (κ3) is 3.72. The van der Waals surface area contributed by atoms with E-state index in [1.54, 1.807) is 7.11 Å². The standard InChI is InChI=1S/C22H26N4O2/c1-15(16-7-8-18-13-19(28-2)10-9-17(18)12-16)22(27)23-14-21-25-24-20-6-4-3-5-11-26(20)21/h7-10,12-13,15H,3-6,11,14H2,1-2H3,(H,23,27). The van der Waals surface area contributed by atoms with Crippen molar-refractivity contribution in [2.24, 2.45) is 0 Å². The number of methoxy groups -OCH3 is 1. The lowest BCUT2D eigenvalue weighted by atomic mass is 9.97. The quantitative estimate of drug-likeness (QED) is 0.737. The van der Waals surface area contributed by atoms with Crippen LogP contribution in [0.3, 0.4) is 0 Å². The molecule has 146 valence electrons. The predicted octanol–water partition coefficient (Wildman–Crippen LogP) is 3.59. The van der Waals surface area contributed by atoms with Crippen LogP contribution in [0.2, 0.25) is 0 Å². The molecule has 0 spiro atoms. The first kappa shape index (κ1) is 18.5. The molecule has 1 aliphatic rings. The van der Waals surface area contributed by atoms with Gasteiger partial charge in [0.2, 0.25) is 5.91 Å². The molecule has 3 aromatic rings. The Kier molecular flexibility index (Phi) is 5.28. The molecular formula is C22H26N4O2. The van der Waals surface area contributed by atoms with Crippen molar-refractivity contribution < 1.29 is 9.53 Å². The van der Waals surface area contributed by atoms with Gasteiger partial charge in [-0.2, -0.15) is 0 Å². The van der Waals surface area contributed by atoms with Gasteiger partial charge in [-0.25, -0.2) is 0 Å². The lowest BCUT2D eigenvalue weighted by Gasteiger charge is -2.14. The Morgan fingerprint density at radius 3 is 2.82 bits per heavy atom. The van der Waals surface area contributed by atoms with Gasteiger partial charge < -0.3 is 14.6 Å². The fourth-order valence-corrected chi connectivity index (χ4v) is 3.79. The number of aromatic nitrogens is 3. The summed E-state index contributed by atoms with van der Waals surface area (Å²) in [4.78, 5) is 12.7. The molecule has 1 aromatic heterocycles. The van der Waals surface area contributed by atoms with Crippen LogP contribution < -0.4 is 10.1 Å². The van der Waals surface area contributed by atoms with Gasteiger partial charge in [-0.3, -0.25) is 4.79 Å². The van der Waals surface area contributed by atoms with Crippen molar-refractivity contribution >= 4 is 16.7 Å². The fourth-order valence-electron chi connectivity index (χ4n) is 3.79. The minimum absolute atomic E-state index is 0.00108. The van der Waals surface area contributed by atoms with Gasteiger partial charge in [0.1, 0.15) is 11.6 Å². The van der Waals surface area contributed by atoms with Crippen LogP contribution in [-0.4, -0.2) is 27.8 Å². The molecule has 28 heavy (non-hydrogen) atoms. The minimum atomic E-state index is -0.238. The summed E-state index contributed by atoms with van der Waals surface area (Å²) in [5.41, 5.74) is 0.996. The van der Waals surface area contributed by atoms with E-state index in [1.807, 2.05) is 37.3 Å². The summed E-state index contributed by atoms with van der Waals surface area (Å²) < 4.78 is 7.44. The Labute approximate surface area is 164 Å². The molecule has 0 radical (unpaired) electrons. The van der Waals surface area contributed by atoms with Crippen molar-refractivity contribution in [3.05, 3.63) is 53.6 Å². The molecule has 1 atom stereocenters. The zero-order valence-electron chi connectivity index (χ0n) is 16.4. The van der Waals surface area contributed by atoms with Crippen LogP contribution in [0.1, 0.15) is 49.3 Å². The van der Waals surface area contributed by atoms with Crippen LogP contribution in [0.4, 0.5) is 0 Å². The van der Waals surface area contributed by atoms with E-state index in [9.17, 15) is 4.79 Å². The maximum Gasteiger partial charge on any atom is 0.227 e. The first-order chi connectivity index (χ1) is 13.7. The van der Waals surface area contributed by atoms with Crippen LogP contribution >= 0.6 is 0 Å². The minimum Gasteiger partial charge on any atom is -0.497 e. The molecule has 1 aliphatic heterocycles. The van der Waals surface area contributed by atoms with Crippen molar-refractivity contribution in [2.75, 3.05) is 7.11 Å². The summed E-state index contributed by atoms with van der Waals surface area (Å²) in [7, 11) is 1.66. The highest BCUT2D eigenvalue weighted by Crippen LogP contribution is 2.25. The lowest BCUT2D eigenvalue weighted by molar-refractivity contribution is -0.122. The van der Waals surface area contributed by atoms with Crippen LogP contribution in [0.5, 0.6) is 5.75 Å². The number of fused-ring (bicyclic) bond motifs is 2. The second kappa shape index (κ2) is 8.00. The zero-order chi connectivity index (χ0) is 19.5. The number of aryl methyl sites for hydroxylation is 1. The number of carbonyl (C=O) groups excluding carboxylic acids is 1. The molecule has 0 aliphatic carbocycles. The molecule has 4 rings (SSSR count). The normalized spacial score (nSPS) is 14.9. The molecule has 0 saturated heterocycles. The number of amides is 1. The molecule has 1 N–H and O–H groups in total. The Hall–Kier alpha value is -2.89. The highest BCUT2D eigenvalue weighted by Gasteiger charge is 2.18. The van der Waals surface area contributed by atoms with E-state index in [1.165, 1.54) is 6.42 Å². The summed E-state index contributed by atoms with van der Waals surface area (Å²) in [5.74, 6) is 2.48. The highest BCUT2D eigenvalue weighted by molar-refractivity contribution is 5.88. The van der Waals surface area contributed by atoms with E-state index in [-0.39, 0.29) is 11.8 Å². The third-order valence-corrected chi connectivity index (χ3v) is 5.57. The number of ether oxygens (including phenoxy) is 1. The van der Waals surface area contributed by atoms with Gasteiger partial charge in [0.15, 0.2) is 5.82 Å². The monoisotopic (exact) mass is 378 g/mol. The van der Waals surface area contributed by atoms with E-state index in [2.05, 4.69) is 26.1 Å². The van der Waals surface area contributed by atoms with E-state index >= 15 is 0 Å². The summed E-state index contributed by atoms with van der Waals surface area (Å²) in [6, 6.07) is 12.1. The van der Waals surface area contributed by atoms with E-state index in [0.717, 1.165) is 59.5 Å². The maximum atomic E-state index is 12.7. The summed E-state index contributed by atoms with van der Waals surface area (Å²) in [6.45, 7) is 3.29. The highest BCUT2D eigenvalue weighted by atomic mass is 16.5. The Balaban J connectivity index is 1.45. The topological polar surface area (TPSA) is 69.0 Å². The number of nitrogens with one attached hydrogen (secondary N) is 1. The Bertz CT molecular complexity index is 995. The molecule has 2 heterocycles. The number of carbonyl (C=O) groups is 1. The first-order valence-corrected chi connectivity index (χ1v) is 9.92. The molecule has 6 nitrogen and oxygen atoms in total. The predicted molar refractivity (Wildman–Crippen MR) is 108 cm³/mol. The van der Waals surface area contributed by atoms with Crippen molar-refractivity contribution in [2.45, 2.75) is 51.6 Å². The molecule has 0 fully saturated rings. The molecule has 2 aromatic carbocycles. The smallest absolute Gasteiger partial charge is 0.227 e. The molecule has 1 unspecified atom stereocenters. The van der Waals surface area contributed by atoms with Crippen LogP contribution in [0.15, 0.2) is 36.4 Å². The van der Waals surface area contributed by atoms with Gasteiger partial charge in [-0.1, -0.05) is 30.7 Å². The molecular weight excluding hydrogens is 352 g/mol. The van der Waals surface area contributed by atoms with E-state index in [0.29, 0.717) is 6.54 Å². The van der Waals surface area contributed by atoms with E-state index < -0.39 is 0 Å². The van der Waals surface area contributed by atoms with Gasteiger partial charge in [0.05, 0.1) is 19.6 Å². The molecule has 1 amide bonds. The number of hydrogen-bond donors (Lipinski definition) is 1. The van der Waals surface area contributed by atoms with Gasteiger partial charge in [-0.05, 0) is 48.2 Å². The summed E-state index contributed by atoms with van der Waals surface area (Å²) in [5, 5.41) is 13.8. The van der Waals surface area contributed by atoms with Crippen LogP contribution in [0.25, 0.3) is 10.8 Å². The first-order valence-electron chi connectivity index (χ1n) is 9.92. The van der Waals surface area contributed by atoms with Crippen molar-refractivity contribution in [1.29, 1.82) is 0 Å². The van der Waals surface area contributed by atoms with Gasteiger partial charge in [0, 0.05) is 13.0 Å². The average Bonchev–Trinajstić information content (AvgIpc) is 2.96. The second-order valence-electron chi connectivity index (χ2n) is 7.41. The maximum absolute atomic E-state index is 12.7. The molecule has 6 heteroatoms. The Morgan fingerprint density at radius 1 is 1.14 bits per heavy atom. The van der Waals surface area contributed by atoms with Gasteiger partial charge in [-0.15, -0.1) is 10.2 Å². The zero-order valence-corrected chi connectivity index (χ0v) is 16.4. The average molecular weight is 378 g/mol. The van der Waals surface area contributed by atoms with Crippen molar-refractivity contribution in [3.63, 3.8) is 0 Å². The van der Waals surface area contributed by atoms with Gasteiger partial charge >= 0.3 is 0 Å². The van der Waals surface area contributed by atoms with Crippen molar-refractivity contribution in [3.8, 4) is 5.75 Å². The number of benzene rings is 2. The number of hydrogen-bond acceptors (Lipinski definition) is 4. The van der Waals surface area contributed by atoms with Crippen molar-refractivity contribution in [1.82, 2.24) is 20.1 Å².